The van der Waals surface area contributed by atoms with E-state index in [1.807, 2.05) is 0 Å². The molecule has 1 heterocycles. The largest absolute Gasteiger partial charge is 0.493 e. The molecule has 5 nitrogen and oxygen atoms in total. The van der Waals surface area contributed by atoms with Crippen LogP contribution in [0.3, 0.4) is 0 Å². The fraction of sp³-hybridized carbons (Fsp3) is 0.286. The molecule has 0 saturated carbocycles. The third-order valence-electron chi connectivity index (χ3n) is 1.46. The quantitative estimate of drug-likeness (QED) is 0.505. The van der Waals surface area contributed by atoms with Gasteiger partial charge < -0.3 is 14.9 Å². The number of pyridine rings is 1. The molecular formula is C7H11N3O2. The molecule has 0 aromatic carbocycles. The lowest BCUT2D eigenvalue weighted by Gasteiger charge is -2.10. The topological polar surface area (TPSA) is 69.4 Å². The fourth-order valence-corrected chi connectivity index (χ4v) is 0.875. The molecule has 1 rings (SSSR count). The van der Waals surface area contributed by atoms with E-state index in [1.165, 1.54) is 14.2 Å². The number of nitrogens with two attached hydrogens (primary N) is 1. The highest BCUT2D eigenvalue weighted by molar-refractivity contribution is 5.63. The molecule has 0 spiro atoms. The van der Waals surface area contributed by atoms with E-state index >= 15 is 0 Å². The number of aromatic nitrogens is 1. The molecule has 1 aromatic rings. The molecule has 0 bridgehead atoms. The van der Waals surface area contributed by atoms with Crippen LogP contribution < -0.4 is 20.7 Å². The van der Waals surface area contributed by atoms with Crippen LogP contribution in [0.2, 0.25) is 0 Å². The molecular weight excluding hydrogens is 158 g/mol. The van der Waals surface area contributed by atoms with Gasteiger partial charge in [0.1, 0.15) is 5.69 Å². The maximum absolute atomic E-state index is 5.26. The number of hydrazine groups is 1. The van der Waals surface area contributed by atoms with E-state index in [4.69, 9.17) is 15.3 Å². The highest BCUT2D eigenvalue weighted by Gasteiger charge is 2.07. The van der Waals surface area contributed by atoms with Crippen LogP contribution in [0.25, 0.3) is 0 Å². The van der Waals surface area contributed by atoms with Gasteiger partial charge in [0.2, 0.25) is 0 Å². The molecule has 3 N–H and O–H groups in total. The van der Waals surface area contributed by atoms with Gasteiger partial charge >= 0.3 is 0 Å². The van der Waals surface area contributed by atoms with Crippen molar-refractivity contribution in [2.75, 3.05) is 19.6 Å². The van der Waals surface area contributed by atoms with Crippen LogP contribution in [0.1, 0.15) is 0 Å². The second kappa shape index (κ2) is 3.77. The van der Waals surface area contributed by atoms with Gasteiger partial charge in [0.05, 0.1) is 26.6 Å². The Morgan fingerprint density at radius 1 is 1.25 bits per heavy atom. The van der Waals surface area contributed by atoms with Crippen molar-refractivity contribution in [3.63, 3.8) is 0 Å². The van der Waals surface area contributed by atoms with E-state index in [0.717, 1.165) is 0 Å². The first-order valence-electron chi connectivity index (χ1n) is 3.36. The Morgan fingerprint density at radius 3 is 2.08 bits per heavy atom. The molecule has 66 valence electrons. The zero-order valence-corrected chi connectivity index (χ0v) is 7.00. The van der Waals surface area contributed by atoms with Gasteiger partial charge in [0.15, 0.2) is 11.5 Å². The maximum atomic E-state index is 5.26. The second-order valence-electron chi connectivity index (χ2n) is 2.06. The average Bonchev–Trinajstić information content (AvgIpc) is 2.16. The molecule has 0 amide bonds. The standard InChI is InChI=1S/C7H11N3O2/c1-11-5-3-9-4-6(12-2)7(5)10-8/h3-4H,8H2,1-2H3,(H,9,10). The summed E-state index contributed by atoms with van der Waals surface area (Å²) < 4.78 is 9.99. The number of rotatable bonds is 3. The lowest BCUT2D eigenvalue weighted by molar-refractivity contribution is 0.394. The van der Waals surface area contributed by atoms with Gasteiger partial charge in [-0.1, -0.05) is 0 Å². The summed E-state index contributed by atoms with van der Waals surface area (Å²) in [6.45, 7) is 0. The second-order valence-corrected chi connectivity index (χ2v) is 2.06. The van der Waals surface area contributed by atoms with Gasteiger partial charge in [-0.2, -0.15) is 0 Å². The Bertz CT molecular complexity index is 243. The van der Waals surface area contributed by atoms with Crippen molar-refractivity contribution in [3.05, 3.63) is 12.4 Å². The van der Waals surface area contributed by atoms with Crippen LogP contribution in [0, 0.1) is 0 Å². The summed E-state index contributed by atoms with van der Waals surface area (Å²) in [5, 5.41) is 0. The third kappa shape index (κ3) is 1.40. The number of hydrogen-bond donors (Lipinski definition) is 2. The zero-order chi connectivity index (χ0) is 8.97. The van der Waals surface area contributed by atoms with Crippen LogP contribution in [-0.4, -0.2) is 19.2 Å². The number of ether oxygens (including phenoxy) is 2. The summed E-state index contributed by atoms with van der Waals surface area (Å²) >= 11 is 0. The van der Waals surface area contributed by atoms with Crippen molar-refractivity contribution < 1.29 is 9.47 Å². The molecule has 0 fully saturated rings. The molecule has 0 atom stereocenters. The van der Waals surface area contributed by atoms with Crippen LogP contribution in [0.5, 0.6) is 11.5 Å². The molecule has 0 unspecified atom stereocenters. The first-order chi connectivity index (χ1) is 5.83. The molecule has 5 heteroatoms. The van der Waals surface area contributed by atoms with Gasteiger partial charge in [0.25, 0.3) is 0 Å². The molecule has 12 heavy (non-hydrogen) atoms. The Balaban J connectivity index is 3.13. The third-order valence-corrected chi connectivity index (χ3v) is 1.46. The van der Waals surface area contributed by atoms with Crippen LogP contribution in [0.15, 0.2) is 12.4 Å². The number of methoxy groups -OCH3 is 2. The van der Waals surface area contributed by atoms with E-state index in [2.05, 4.69) is 10.4 Å². The maximum Gasteiger partial charge on any atom is 0.165 e. The predicted octanol–water partition coefficient (Wildman–Crippen LogP) is 0.384. The Hall–Kier alpha value is -1.49. The summed E-state index contributed by atoms with van der Waals surface area (Å²) in [6, 6.07) is 0. The van der Waals surface area contributed by atoms with E-state index in [1.54, 1.807) is 12.4 Å². The number of hydrogen-bond acceptors (Lipinski definition) is 5. The van der Waals surface area contributed by atoms with Crippen molar-refractivity contribution in [2.45, 2.75) is 0 Å². The number of anilines is 1. The lowest BCUT2D eigenvalue weighted by atomic mass is 10.3. The smallest absolute Gasteiger partial charge is 0.165 e. The highest BCUT2D eigenvalue weighted by atomic mass is 16.5. The van der Waals surface area contributed by atoms with E-state index in [-0.39, 0.29) is 0 Å². The van der Waals surface area contributed by atoms with Crippen molar-refractivity contribution in [1.82, 2.24) is 4.98 Å². The highest BCUT2D eigenvalue weighted by Crippen LogP contribution is 2.31. The van der Waals surface area contributed by atoms with Crippen molar-refractivity contribution in [2.24, 2.45) is 5.84 Å². The number of nitrogen functional groups attached to an aromatic ring is 1. The summed E-state index contributed by atoms with van der Waals surface area (Å²) in [5.41, 5.74) is 3.07. The minimum atomic E-state index is 0.553. The summed E-state index contributed by atoms with van der Waals surface area (Å²) in [7, 11) is 3.08. The first-order valence-corrected chi connectivity index (χ1v) is 3.36. The molecule has 0 saturated heterocycles. The van der Waals surface area contributed by atoms with Crippen LogP contribution >= 0.6 is 0 Å². The number of nitrogens with one attached hydrogen (secondary N) is 1. The van der Waals surface area contributed by atoms with E-state index < -0.39 is 0 Å². The molecule has 0 radical (unpaired) electrons. The first kappa shape index (κ1) is 8.61. The average molecular weight is 169 g/mol. The fourth-order valence-electron chi connectivity index (χ4n) is 0.875. The SMILES string of the molecule is COc1cncc(OC)c1NN. The van der Waals surface area contributed by atoms with Gasteiger partial charge in [-0.3, -0.25) is 10.8 Å². The lowest BCUT2D eigenvalue weighted by Crippen LogP contribution is -2.09. The Morgan fingerprint density at radius 2 is 1.75 bits per heavy atom. The molecule has 0 aliphatic heterocycles. The Kier molecular flexibility index (Phi) is 2.71. The minimum absolute atomic E-state index is 0.553. The normalized spacial score (nSPS) is 9.25. The van der Waals surface area contributed by atoms with Gasteiger partial charge in [-0.15, -0.1) is 0 Å². The van der Waals surface area contributed by atoms with Crippen LogP contribution in [-0.2, 0) is 0 Å². The van der Waals surface area contributed by atoms with Crippen molar-refractivity contribution in [3.8, 4) is 11.5 Å². The Labute approximate surface area is 70.5 Å². The van der Waals surface area contributed by atoms with Gasteiger partial charge in [-0.05, 0) is 0 Å². The van der Waals surface area contributed by atoms with Gasteiger partial charge in [0, 0.05) is 0 Å². The monoisotopic (exact) mass is 169 g/mol. The minimum Gasteiger partial charge on any atom is -0.493 e. The van der Waals surface area contributed by atoms with E-state index in [9.17, 15) is 0 Å². The van der Waals surface area contributed by atoms with Gasteiger partial charge in [-0.25, -0.2) is 0 Å². The van der Waals surface area contributed by atoms with Crippen LogP contribution in [0.4, 0.5) is 5.69 Å². The van der Waals surface area contributed by atoms with E-state index in [0.29, 0.717) is 17.2 Å². The molecule has 0 aliphatic carbocycles. The zero-order valence-electron chi connectivity index (χ0n) is 7.00. The predicted molar refractivity (Wildman–Crippen MR) is 45.2 cm³/mol. The summed E-state index contributed by atoms with van der Waals surface area (Å²) in [6.07, 6.45) is 3.11. The molecule has 1 aromatic heterocycles. The summed E-state index contributed by atoms with van der Waals surface area (Å²) in [4.78, 5) is 3.89. The molecule has 0 aliphatic rings. The van der Waals surface area contributed by atoms with Crippen molar-refractivity contribution in [1.29, 1.82) is 0 Å². The summed E-state index contributed by atoms with van der Waals surface area (Å²) in [5.74, 6) is 6.37. The van der Waals surface area contributed by atoms with Crippen molar-refractivity contribution >= 4 is 5.69 Å². The number of nitrogens with zero attached hydrogens (tertiary/aromatic N) is 1.